The average Bonchev–Trinajstić information content (AvgIpc) is 2.72. The number of aromatic nitrogens is 1. The van der Waals surface area contributed by atoms with Crippen molar-refractivity contribution in [2.45, 2.75) is 13.5 Å². The second kappa shape index (κ2) is 5.18. The van der Waals surface area contributed by atoms with Crippen LogP contribution in [0.25, 0.3) is 10.9 Å². The third-order valence-corrected chi connectivity index (χ3v) is 2.99. The predicted octanol–water partition coefficient (Wildman–Crippen LogP) is 1.41. The van der Waals surface area contributed by atoms with Crippen molar-refractivity contribution in [2.75, 3.05) is 6.54 Å². The number of amides is 1. The largest absolute Gasteiger partial charge is 0.389 e. The summed E-state index contributed by atoms with van der Waals surface area (Å²) in [7, 11) is 0. The van der Waals surface area contributed by atoms with E-state index in [4.69, 9.17) is 18.0 Å². The van der Waals surface area contributed by atoms with Crippen LogP contribution >= 0.6 is 12.2 Å². The summed E-state index contributed by atoms with van der Waals surface area (Å²) < 4.78 is 1.89. The SMILES string of the molecule is CCNC(=O)Cn1ccc2c(C(N)=S)cccc21. The number of likely N-dealkylation sites (N-methyl/N-ethyl adjacent to an activating group) is 1. The number of hydrogen-bond acceptors (Lipinski definition) is 2. The first-order chi connectivity index (χ1) is 8.63. The molecule has 5 heteroatoms. The quantitative estimate of drug-likeness (QED) is 0.818. The van der Waals surface area contributed by atoms with E-state index in [9.17, 15) is 4.79 Å². The van der Waals surface area contributed by atoms with Gasteiger partial charge in [-0.1, -0.05) is 24.4 Å². The molecule has 0 radical (unpaired) electrons. The summed E-state index contributed by atoms with van der Waals surface area (Å²) in [5.41, 5.74) is 7.49. The summed E-state index contributed by atoms with van der Waals surface area (Å²) in [5.74, 6) is -0.00396. The lowest BCUT2D eigenvalue weighted by Gasteiger charge is -2.06. The molecule has 0 atom stereocenters. The molecule has 0 aliphatic rings. The molecule has 1 aromatic carbocycles. The highest BCUT2D eigenvalue weighted by Crippen LogP contribution is 2.20. The smallest absolute Gasteiger partial charge is 0.239 e. The maximum absolute atomic E-state index is 11.6. The monoisotopic (exact) mass is 261 g/mol. The summed E-state index contributed by atoms with van der Waals surface area (Å²) in [6.07, 6.45) is 1.88. The molecule has 2 aromatic rings. The molecule has 2 rings (SSSR count). The van der Waals surface area contributed by atoms with Crippen molar-refractivity contribution < 1.29 is 4.79 Å². The maximum atomic E-state index is 11.6. The minimum absolute atomic E-state index is 0.00396. The first-order valence-electron chi connectivity index (χ1n) is 5.78. The molecule has 94 valence electrons. The summed E-state index contributed by atoms with van der Waals surface area (Å²) in [4.78, 5) is 12.0. The van der Waals surface area contributed by atoms with Gasteiger partial charge in [-0.15, -0.1) is 0 Å². The van der Waals surface area contributed by atoms with Gasteiger partial charge >= 0.3 is 0 Å². The van der Waals surface area contributed by atoms with E-state index < -0.39 is 0 Å². The van der Waals surface area contributed by atoms with E-state index >= 15 is 0 Å². The number of rotatable bonds is 4. The number of nitrogens with zero attached hydrogens (tertiary/aromatic N) is 1. The zero-order chi connectivity index (χ0) is 13.1. The van der Waals surface area contributed by atoms with Gasteiger partial charge in [0.2, 0.25) is 5.91 Å². The van der Waals surface area contributed by atoms with Crippen LogP contribution in [-0.4, -0.2) is 22.0 Å². The number of fused-ring (bicyclic) bond motifs is 1. The molecule has 3 N–H and O–H groups in total. The Balaban J connectivity index is 2.40. The molecule has 0 aliphatic heterocycles. The van der Waals surface area contributed by atoms with Crippen LogP contribution in [0.15, 0.2) is 30.5 Å². The Labute approximate surface area is 111 Å². The van der Waals surface area contributed by atoms with Gasteiger partial charge in [-0.25, -0.2) is 0 Å². The molecule has 0 fully saturated rings. The van der Waals surface area contributed by atoms with Crippen molar-refractivity contribution in [3.63, 3.8) is 0 Å². The van der Waals surface area contributed by atoms with E-state index in [-0.39, 0.29) is 5.91 Å². The Morgan fingerprint density at radius 1 is 1.44 bits per heavy atom. The van der Waals surface area contributed by atoms with Crippen LogP contribution in [-0.2, 0) is 11.3 Å². The molecule has 0 spiro atoms. The van der Waals surface area contributed by atoms with Crippen LogP contribution in [0.5, 0.6) is 0 Å². The minimum atomic E-state index is -0.00396. The van der Waals surface area contributed by atoms with Crippen molar-refractivity contribution in [2.24, 2.45) is 5.73 Å². The van der Waals surface area contributed by atoms with Crippen molar-refractivity contribution in [1.82, 2.24) is 9.88 Å². The number of carbonyl (C=O) groups excluding carboxylic acids is 1. The molecule has 0 bridgehead atoms. The molecular formula is C13H15N3OS. The van der Waals surface area contributed by atoms with E-state index in [2.05, 4.69) is 5.32 Å². The number of carbonyl (C=O) groups is 1. The number of nitrogens with two attached hydrogens (primary N) is 1. The topological polar surface area (TPSA) is 60.0 Å². The van der Waals surface area contributed by atoms with Crippen molar-refractivity contribution >= 4 is 34.0 Å². The Morgan fingerprint density at radius 3 is 2.89 bits per heavy atom. The molecule has 0 saturated heterocycles. The third-order valence-electron chi connectivity index (χ3n) is 2.77. The second-order valence-electron chi connectivity index (χ2n) is 4.00. The third kappa shape index (κ3) is 2.36. The molecule has 1 aromatic heterocycles. The zero-order valence-corrected chi connectivity index (χ0v) is 11.0. The van der Waals surface area contributed by atoms with E-state index in [0.717, 1.165) is 16.5 Å². The van der Waals surface area contributed by atoms with Crippen molar-refractivity contribution in [3.05, 3.63) is 36.0 Å². The summed E-state index contributed by atoms with van der Waals surface area (Å²) in [5, 5.41) is 3.76. The van der Waals surface area contributed by atoms with Crippen molar-refractivity contribution in [3.8, 4) is 0 Å². The first-order valence-corrected chi connectivity index (χ1v) is 6.18. The van der Waals surface area contributed by atoms with E-state index in [1.165, 1.54) is 0 Å². The molecule has 1 amide bonds. The Bertz CT molecular complexity index is 603. The van der Waals surface area contributed by atoms with Gasteiger partial charge in [-0.05, 0) is 19.1 Å². The Hall–Kier alpha value is -1.88. The summed E-state index contributed by atoms with van der Waals surface area (Å²) in [6.45, 7) is 2.84. The fourth-order valence-corrected chi connectivity index (χ4v) is 2.16. The molecule has 4 nitrogen and oxygen atoms in total. The minimum Gasteiger partial charge on any atom is -0.389 e. The van der Waals surface area contributed by atoms with Crippen molar-refractivity contribution in [1.29, 1.82) is 0 Å². The highest BCUT2D eigenvalue weighted by atomic mass is 32.1. The van der Waals surface area contributed by atoms with Gasteiger partial charge in [0.25, 0.3) is 0 Å². The molecule has 0 saturated carbocycles. The highest BCUT2D eigenvalue weighted by Gasteiger charge is 2.09. The van der Waals surface area contributed by atoms with Gasteiger partial charge in [0.15, 0.2) is 0 Å². The highest BCUT2D eigenvalue weighted by molar-refractivity contribution is 7.80. The van der Waals surface area contributed by atoms with Gasteiger partial charge in [0.05, 0.1) is 0 Å². The molecule has 0 aliphatic carbocycles. The molecule has 1 heterocycles. The second-order valence-corrected chi connectivity index (χ2v) is 4.44. The van der Waals surface area contributed by atoms with Gasteiger partial charge in [-0.3, -0.25) is 4.79 Å². The lowest BCUT2D eigenvalue weighted by Crippen LogP contribution is -2.26. The standard InChI is InChI=1S/C13H15N3OS/c1-2-15-12(17)8-16-7-6-9-10(13(14)18)4-3-5-11(9)16/h3-7H,2,8H2,1H3,(H2,14,18)(H,15,17). The van der Waals surface area contributed by atoms with Crippen LogP contribution in [0.4, 0.5) is 0 Å². The van der Waals surface area contributed by atoms with E-state index in [0.29, 0.717) is 18.1 Å². The van der Waals surface area contributed by atoms with Crippen LogP contribution < -0.4 is 11.1 Å². The summed E-state index contributed by atoms with van der Waals surface area (Å²) >= 11 is 5.02. The maximum Gasteiger partial charge on any atom is 0.239 e. The van der Waals surface area contributed by atoms with Gasteiger partial charge in [-0.2, -0.15) is 0 Å². The van der Waals surface area contributed by atoms with E-state index in [1.807, 2.05) is 42.0 Å². The number of nitrogens with one attached hydrogen (secondary N) is 1. The summed E-state index contributed by atoms with van der Waals surface area (Å²) in [6, 6.07) is 7.67. The predicted molar refractivity (Wildman–Crippen MR) is 76.5 cm³/mol. The van der Waals surface area contributed by atoms with Crippen LogP contribution in [0, 0.1) is 0 Å². The van der Waals surface area contributed by atoms with Crippen LogP contribution in [0.3, 0.4) is 0 Å². The fraction of sp³-hybridized carbons (Fsp3) is 0.231. The Morgan fingerprint density at radius 2 is 2.22 bits per heavy atom. The average molecular weight is 261 g/mol. The molecule has 18 heavy (non-hydrogen) atoms. The number of hydrogen-bond donors (Lipinski definition) is 2. The van der Waals surface area contributed by atoms with E-state index in [1.54, 1.807) is 0 Å². The van der Waals surface area contributed by atoms with Gasteiger partial charge < -0.3 is 15.6 Å². The number of thiocarbonyl (C=S) groups is 1. The normalized spacial score (nSPS) is 10.5. The fourth-order valence-electron chi connectivity index (χ4n) is 1.98. The lowest BCUT2D eigenvalue weighted by molar-refractivity contribution is -0.121. The van der Waals surface area contributed by atoms with Crippen LogP contribution in [0.1, 0.15) is 12.5 Å². The first kappa shape index (κ1) is 12.6. The van der Waals surface area contributed by atoms with Crippen LogP contribution in [0.2, 0.25) is 0 Å². The van der Waals surface area contributed by atoms with Gasteiger partial charge in [0, 0.05) is 29.2 Å². The molecular weight excluding hydrogens is 246 g/mol. The van der Waals surface area contributed by atoms with Gasteiger partial charge in [0.1, 0.15) is 11.5 Å². The number of benzene rings is 1. The zero-order valence-electron chi connectivity index (χ0n) is 10.1. The Kier molecular flexibility index (Phi) is 3.62. The molecule has 0 unspecified atom stereocenters. The lowest BCUT2D eigenvalue weighted by atomic mass is 10.1.